The maximum absolute atomic E-state index is 5.38. The molecule has 1 rings (SSSR count). The molecule has 0 unspecified atom stereocenters. The number of hydrogen-bond donors (Lipinski definition) is 1. The average Bonchev–Trinajstić information content (AvgIpc) is 2.03. The molecular formula is C9H11NO. The highest BCUT2D eigenvalue weighted by atomic mass is 16.5. The first-order valence-corrected chi connectivity index (χ1v) is 3.43. The Morgan fingerprint density at radius 3 is 2.55 bits per heavy atom. The number of rotatable bonds is 2. The molecule has 11 heavy (non-hydrogen) atoms. The molecule has 1 aromatic carbocycles. The lowest BCUT2D eigenvalue weighted by Crippen LogP contribution is -1.93. The van der Waals surface area contributed by atoms with Crippen LogP contribution in [-0.4, -0.2) is 0 Å². The predicted molar refractivity (Wildman–Crippen MR) is 45.0 cm³/mol. The fourth-order valence-corrected chi connectivity index (χ4v) is 0.660. The van der Waals surface area contributed by atoms with E-state index in [1.165, 1.54) is 6.26 Å². The molecule has 1 aromatic rings. The van der Waals surface area contributed by atoms with Gasteiger partial charge < -0.3 is 10.5 Å². The van der Waals surface area contributed by atoms with E-state index < -0.39 is 0 Å². The summed E-state index contributed by atoms with van der Waals surface area (Å²) in [7, 11) is 0. The zero-order valence-corrected chi connectivity index (χ0v) is 6.45. The van der Waals surface area contributed by atoms with E-state index in [2.05, 4.69) is 0 Å². The first-order chi connectivity index (χ1) is 5.29. The molecule has 2 nitrogen and oxygen atoms in total. The van der Waals surface area contributed by atoms with Crippen molar-refractivity contribution in [2.24, 2.45) is 5.73 Å². The van der Waals surface area contributed by atoms with E-state index in [0.29, 0.717) is 5.70 Å². The number of para-hydroxylation sites is 1. The number of allylic oxidation sites excluding steroid dienone is 1. The van der Waals surface area contributed by atoms with E-state index in [4.69, 9.17) is 10.5 Å². The molecule has 0 aliphatic rings. The Kier molecular flexibility index (Phi) is 2.55. The third-order valence-corrected chi connectivity index (χ3v) is 1.12. The van der Waals surface area contributed by atoms with Gasteiger partial charge in [-0.3, -0.25) is 0 Å². The molecule has 0 amide bonds. The molecule has 0 saturated carbocycles. The second-order valence-electron chi connectivity index (χ2n) is 2.29. The van der Waals surface area contributed by atoms with Crippen LogP contribution in [-0.2, 0) is 0 Å². The fraction of sp³-hybridized carbons (Fsp3) is 0.111. The standard InChI is InChI=1S/C9H11NO/c1-8(10)7-11-9-5-3-2-4-6-9/h2-7H,10H2,1H3/b8-7-. The summed E-state index contributed by atoms with van der Waals surface area (Å²) in [6.07, 6.45) is 1.52. The second kappa shape index (κ2) is 3.66. The van der Waals surface area contributed by atoms with E-state index in [1.807, 2.05) is 30.3 Å². The summed E-state index contributed by atoms with van der Waals surface area (Å²) < 4.78 is 5.18. The maximum Gasteiger partial charge on any atom is 0.126 e. The van der Waals surface area contributed by atoms with Crippen LogP contribution in [0.5, 0.6) is 5.75 Å². The summed E-state index contributed by atoms with van der Waals surface area (Å²) in [6.45, 7) is 1.78. The van der Waals surface area contributed by atoms with Gasteiger partial charge in [0.2, 0.25) is 0 Å². The number of hydrogen-bond acceptors (Lipinski definition) is 2. The van der Waals surface area contributed by atoms with Crippen LogP contribution in [0.1, 0.15) is 6.92 Å². The van der Waals surface area contributed by atoms with Gasteiger partial charge in [-0.05, 0) is 19.1 Å². The van der Waals surface area contributed by atoms with E-state index >= 15 is 0 Å². The van der Waals surface area contributed by atoms with Crippen LogP contribution >= 0.6 is 0 Å². The van der Waals surface area contributed by atoms with Gasteiger partial charge in [-0.2, -0.15) is 0 Å². The molecule has 0 aliphatic carbocycles. The quantitative estimate of drug-likeness (QED) is 0.651. The van der Waals surface area contributed by atoms with E-state index in [0.717, 1.165) is 5.75 Å². The van der Waals surface area contributed by atoms with Crippen molar-refractivity contribution in [1.29, 1.82) is 0 Å². The van der Waals surface area contributed by atoms with Gasteiger partial charge >= 0.3 is 0 Å². The van der Waals surface area contributed by atoms with Gasteiger partial charge in [0.25, 0.3) is 0 Å². The molecule has 2 N–H and O–H groups in total. The minimum absolute atomic E-state index is 0.661. The lowest BCUT2D eigenvalue weighted by atomic mass is 10.3. The van der Waals surface area contributed by atoms with Crippen LogP contribution < -0.4 is 10.5 Å². The highest BCUT2D eigenvalue weighted by Gasteiger charge is 1.85. The van der Waals surface area contributed by atoms with Gasteiger partial charge in [-0.1, -0.05) is 18.2 Å². The number of nitrogens with two attached hydrogens (primary N) is 1. The molecule has 0 fully saturated rings. The van der Waals surface area contributed by atoms with Crippen molar-refractivity contribution in [2.45, 2.75) is 6.92 Å². The van der Waals surface area contributed by atoms with Crippen LogP contribution in [0.3, 0.4) is 0 Å². The second-order valence-corrected chi connectivity index (χ2v) is 2.29. The molecule has 2 heteroatoms. The van der Waals surface area contributed by atoms with Crippen molar-refractivity contribution < 1.29 is 4.74 Å². The Bertz CT molecular complexity index is 237. The summed E-state index contributed by atoms with van der Waals surface area (Å²) in [5.74, 6) is 0.803. The Morgan fingerprint density at radius 1 is 1.36 bits per heavy atom. The Balaban J connectivity index is 2.59. The van der Waals surface area contributed by atoms with Crippen molar-refractivity contribution in [3.05, 3.63) is 42.3 Å². The van der Waals surface area contributed by atoms with Crippen LogP contribution in [0.2, 0.25) is 0 Å². The van der Waals surface area contributed by atoms with Crippen molar-refractivity contribution >= 4 is 0 Å². The largest absolute Gasteiger partial charge is 0.463 e. The zero-order chi connectivity index (χ0) is 8.10. The first-order valence-electron chi connectivity index (χ1n) is 3.43. The summed E-state index contributed by atoms with van der Waals surface area (Å²) in [5, 5.41) is 0. The molecule has 0 aliphatic heterocycles. The van der Waals surface area contributed by atoms with Gasteiger partial charge in [0, 0.05) is 5.70 Å². The monoisotopic (exact) mass is 149 g/mol. The number of ether oxygens (including phenoxy) is 1. The topological polar surface area (TPSA) is 35.2 Å². The lowest BCUT2D eigenvalue weighted by Gasteiger charge is -1.98. The molecule has 0 spiro atoms. The molecular weight excluding hydrogens is 138 g/mol. The van der Waals surface area contributed by atoms with Crippen molar-refractivity contribution in [3.8, 4) is 5.75 Å². The summed E-state index contributed by atoms with van der Waals surface area (Å²) in [6, 6.07) is 9.51. The van der Waals surface area contributed by atoms with Crippen LogP contribution in [0, 0.1) is 0 Å². The van der Waals surface area contributed by atoms with Crippen LogP contribution in [0.15, 0.2) is 42.3 Å². The van der Waals surface area contributed by atoms with Crippen molar-refractivity contribution in [1.82, 2.24) is 0 Å². The van der Waals surface area contributed by atoms with Gasteiger partial charge in [-0.15, -0.1) is 0 Å². The van der Waals surface area contributed by atoms with Gasteiger partial charge in [0.15, 0.2) is 0 Å². The normalized spacial score (nSPS) is 11.2. The maximum atomic E-state index is 5.38. The van der Waals surface area contributed by atoms with Crippen molar-refractivity contribution in [2.75, 3.05) is 0 Å². The Morgan fingerprint density at radius 2 is 2.00 bits per heavy atom. The molecule has 0 bridgehead atoms. The lowest BCUT2D eigenvalue weighted by molar-refractivity contribution is 0.475. The smallest absolute Gasteiger partial charge is 0.126 e. The minimum atomic E-state index is 0.661. The van der Waals surface area contributed by atoms with Crippen LogP contribution in [0.25, 0.3) is 0 Å². The zero-order valence-electron chi connectivity index (χ0n) is 6.45. The molecule has 0 aromatic heterocycles. The molecule has 0 radical (unpaired) electrons. The van der Waals surface area contributed by atoms with Gasteiger partial charge in [0.1, 0.15) is 12.0 Å². The first kappa shape index (κ1) is 7.66. The van der Waals surface area contributed by atoms with Crippen molar-refractivity contribution in [3.63, 3.8) is 0 Å². The Hall–Kier alpha value is -1.44. The fourth-order valence-electron chi connectivity index (χ4n) is 0.660. The number of benzene rings is 1. The van der Waals surface area contributed by atoms with E-state index in [9.17, 15) is 0 Å². The average molecular weight is 149 g/mol. The molecule has 0 atom stereocenters. The van der Waals surface area contributed by atoms with E-state index in [1.54, 1.807) is 6.92 Å². The SMILES string of the molecule is C/C(N)=C/Oc1ccccc1. The highest BCUT2D eigenvalue weighted by molar-refractivity contribution is 5.22. The summed E-state index contributed by atoms with van der Waals surface area (Å²) in [4.78, 5) is 0. The summed E-state index contributed by atoms with van der Waals surface area (Å²) >= 11 is 0. The highest BCUT2D eigenvalue weighted by Crippen LogP contribution is 2.08. The van der Waals surface area contributed by atoms with Crippen LogP contribution in [0.4, 0.5) is 0 Å². The minimum Gasteiger partial charge on any atom is -0.463 e. The molecule has 58 valence electrons. The Labute approximate surface area is 66.3 Å². The summed E-state index contributed by atoms with van der Waals surface area (Å²) in [5.41, 5.74) is 6.04. The predicted octanol–water partition coefficient (Wildman–Crippen LogP) is 1.89. The molecule has 0 heterocycles. The van der Waals surface area contributed by atoms with Gasteiger partial charge in [0.05, 0.1) is 0 Å². The third-order valence-electron chi connectivity index (χ3n) is 1.12. The van der Waals surface area contributed by atoms with E-state index in [-0.39, 0.29) is 0 Å². The van der Waals surface area contributed by atoms with Gasteiger partial charge in [-0.25, -0.2) is 0 Å². The molecule has 0 saturated heterocycles. The third kappa shape index (κ3) is 2.76.